The summed E-state index contributed by atoms with van der Waals surface area (Å²) in [6.07, 6.45) is 0.791. The van der Waals surface area contributed by atoms with Crippen LogP contribution in [-0.4, -0.2) is 66.1 Å². The summed E-state index contributed by atoms with van der Waals surface area (Å²) in [7, 11) is 1.67. The maximum absolute atomic E-state index is 12.6. The summed E-state index contributed by atoms with van der Waals surface area (Å²) in [6.45, 7) is 1.31. The van der Waals surface area contributed by atoms with E-state index in [1.165, 1.54) is 11.0 Å². The number of phenolic OH excluding ortho intramolecular Hbond substituents is 1. The number of amides is 2. The summed E-state index contributed by atoms with van der Waals surface area (Å²) in [4.78, 5) is 27.4. The molecule has 0 saturated carbocycles. The van der Waals surface area contributed by atoms with Crippen LogP contribution >= 0.6 is 23.2 Å². The Morgan fingerprint density at radius 1 is 1.30 bits per heavy atom. The molecule has 2 amide bonds. The summed E-state index contributed by atoms with van der Waals surface area (Å²) in [5, 5.41) is 10.8. The molecule has 9 heteroatoms. The zero-order chi connectivity index (χ0) is 19.7. The zero-order valence-corrected chi connectivity index (χ0v) is 16.5. The van der Waals surface area contributed by atoms with Crippen molar-refractivity contribution in [3.8, 4) is 5.75 Å². The molecule has 0 aliphatic carbocycles. The van der Waals surface area contributed by atoms with E-state index in [9.17, 15) is 14.7 Å². The number of carbonyl (C=O) groups excluding carboxylic acids is 2. The highest BCUT2D eigenvalue weighted by atomic mass is 35.5. The van der Waals surface area contributed by atoms with Crippen molar-refractivity contribution in [2.24, 2.45) is 11.7 Å². The first-order valence-electron chi connectivity index (χ1n) is 8.85. The van der Waals surface area contributed by atoms with Crippen LogP contribution in [-0.2, 0) is 14.3 Å². The number of carbonyl (C=O) groups is 2. The van der Waals surface area contributed by atoms with Gasteiger partial charge in [-0.15, -0.1) is 0 Å². The third-order valence-corrected chi connectivity index (χ3v) is 6.06. The number of likely N-dealkylation sites (tertiary alicyclic amines) is 1. The van der Waals surface area contributed by atoms with E-state index in [0.29, 0.717) is 36.5 Å². The highest BCUT2D eigenvalue weighted by Gasteiger charge is 2.35. The predicted octanol–water partition coefficient (Wildman–Crippen LogP) is 1.79. The number of hydrogen-bond donors (Lipinski definition) is 2. The standard InChI is InChI=1S/C18H23Cl2N3O4/c1-22-8-15(27-9-16(22)25)18(26)23-4-2-10(3-5-23)17(21)11-6-12(19)13(20)7-14(11)24/h6-7,10,15,17,24H,2-5,8-9,21H2,1H3/t15-,17-/m1/s1. The fourth-order valence-electron chi connectivity index (χ4n) is 3.59. The van der Waals surface area contributed by atoms with Gasteiger partial charge in [-0.3, -0.25) is 9.59 Å². The number of halogens is 2. The van der Waals surface area contributed by atoms with E-state index in [4.69, 9.17) is 33.7 Å². The normalized spacial score (nSPS) is 22.8. The minimum Gasteiger partial charge on any atom is -0.508 e. The van der Waals surface area contributed by atoms with Crippen molar-refractivity contribution in [2.45, 2.75) is 25.0 Å². The summed E-state index contributed by atoms with van der Waals surface area (Å²) in [5.74, 6) is -0.0867. The SMILES string of the molecule is CN1C[C@H](C(=O)N2CCC([C@@H](N)c3cc(Cl)c(Cl)cc3O)CC2)OCC1=O. The topological polar surface area (TPSA) is 96.1 Å². The Bertz CT molecular complexity index is 738. The molecule has 3 N–H and O–H groups in total. The van der Waals surface area contributed by atoms with Gasteiger partial charge in [0.2, 0.25) is 5.91 Å². The van der Waals surface area contributed by atoms with E-state index in [-0.39, 0.29) is 41.7 Å². The van der Waals surface area contributed by atoms with Crippen LogP contribution < -0.4 is 5.73 Å². The first kappa shape index (κ1) is 20.2. The van der Waals surface area contributed by atoms with E-state index in [1.807, 2.05) is 0 Å². The smallest absolute Gasteiger partial charge is 0.253 e. The average molecular weight is 416 g/mol. The fourth-order valence-corrected chi connectivity index (χ4v) is 3.92. The second kappa shape index (κ2) is 8.22. The van der Waals surface area contributed by atoms with Gasteiger partial charge in [0.25, 0.3) is 5.91 Å². The number of rotatable bonds is 3. The minimum atomic E-state index is -0.614. The first-order valence-corrected chi connectivity index (χ1v) is 9.61. The molecule has 27 heavy (non-hydrogen) atoms. The lowest BCUT2D eigenvalue weighted by Crippen LogP contribution is -2.53. The summed E-state index contributed by atoms with van der Waals surface area (Å²) < 4.78 is 5.39. The Hall–Kier alpha value is -1.54. The molecule has 2 saturated heterocycles. The number of morpholine rings is 1. The largest absolute Gasteiger partial charge is 0.508 e. The van der Waals surface area contributed by atoms with Crippen LogP contribution in [0.3, 0.4) is 0 Å². The van der Waals surface area contributed by atoms with Crippen molar-refractivity contribution in [1.82, 2.24) is 9.80 Å². The molecule has 3 rings (SSSR count). The molecule has 2 aliphatic rings. The van der Waals surface area contributed by atoms with E-state index in [2.05, 4.69) is 0 Å². The first-order chi connectivity index (χ1) is 12.8. The molecule has 1 aromatic rings. The Balaban J connectivity index is 1.59. The van der Waals surface area contributed by atoms with Gasteiger partial charge in [-0.05, 0) is 24.8 Å². The number of hydrogen-bond acceptors (Lipinski definition) is 5. The second-order valence-corrected chi connectivity index (χ2v) is 7.90. The molecule has 2 atom stereocenters. The number of benzene rings is 1. The Kier molecular flexibility index (Phi) is 6.15. The third-order valence-electron chi connectivity index (χ3n) is 5.34. The molecule has 2 fully saturated rings. The summed E-state index contributed by atoms with van der Waals surface area (Å²) in [6, 6.07) is 2.60. The fraction of sp³-hybridized carbons (Fsp3) is 0.556. The Morgan fingerprint density at radius 2 is 1.93 bits per heavy atom. The van der Waals surface area contributed by atoms with Gasteiger partial charge >= 0.3 is 0 Å². The van der Waals surface area contributed by atoms with Crippen molar-refractivity contribution in [3.63, 3.8) is 0 Å². The number of ether oxygens (including phenoxy) is 1. The average Bonchev–Trinajstić information content (AvgIpc) is 2.66. The van der Waals surface area contributed by atoms with Gasteiger partial charge < -0.3 is 25.4 Å². The van der Waals surface area contributed by atoms with Gasteiger partial charge in [0.1, 0.15) is 12.4 Å². The van der Waals surface area contributed by atoms with Crippen molar-refractivity contribution in [3.05, 3.63) is 27.7 Å². The van der Waals surface area contributed by atoms with Crippen LogP contribution in [0.1, 0.15) is 24.4 Å². The monoisotopic (exact) mass is 415 g/mol. The molecular weight excluding hydrogens is 393 g/mol. The van der Waals surface area contributed by atoms with E-state index < -0.39 is 12.1 Å². The number of phenols is 1. The number of likely N-dealkylation sites (N-methyl/N-ethyl adjacent to an activating group) is 1. The number of aromatic hydroxyl groups is 1. The van der Waals surface area contributed by atoms with Gasteiger partial charge in [-0.1, -0.05) is 23.2 Å². The molecule has 0 radical (unpaired) electrons. The second-order valence-electron chi connectivity index (χ2n) is 7.09. The maximum Gasteiger partial charge on any atom is 0.253 e. The lowest BCUT2D eigenvalue weighted by molar-refractivity contribution is -0.160. The lowest BCUT2D eigenvalue weighted by atomic mass is 9.85. The van der Waals surface area contributed by atoms with Crippen LogP contribution in [0.25, 0.3) is 0 Å². The quantitative estimate of drug-likeness (QED) is 0.784. The minimum absolute atomic E-state index is 0.0266. The van der Waals surface area contributed by atoms with Crippen LogP contribution in [0.4, 0.5) is 0 Å². The van der Waals surface area contributed by atoms with Crippen LogP contribution in [0.5, 0.6) is 5.75 Å². The van der Waals surface area contributed by atoms with Gasteiger partial charge in [0.15, 0.2) is 6.10 Å². The molecule has 0 spiro atoms. The Labute approximate surface area is 167 Å². The third kappa shape index (κ3) is 4.32. The molecule has 0 unspecified atom stereocenters. The van der Waals surface area contributed by atoms with Crippen molar-refractivity contribution in [1.29, 1.82) is 0 Å². The molecule has 2 aliphatic heterocycles. The van der Waals surface area contributed by atoms with E-state index in [0.717, 1.165) is 0 Å². The van der Waals surface area contributed by atoms with Crippen molar-refractivity contribution < 1.29 is 19.4 Å². The van der Waals surface area contributed by atoms with E-state index >= 15 is 0 Å². The van der Waals surface area contributed by atoms with Gasteiger partial charge in [0, 0.05) is 37.8 Å². The maximum atomic E-state index is 12.6. The molecular formula is C18H23Cl2N3O4. The highest BCUT2D eigenvalue weighted by Crippen LogP contribution is 2.37. The molecule has 0 aromatic heterocycles. The van der Waals surface area contributed by atoms with Crippen LogP contribution in [0.2, 0.25) is 10.0 Å². The summed E-state index contributed by atoms with van der Waals surface area (Å²) in [5.41, 5.74) is 6.91. The molecule has 2 heterocycles. The van der Waals surface area contributed by atoms with Crippen LogP contribution in [0, 0.1) is 5.92 Å². The van der Waals surface area contributed by atoms with E-state index in [1.54, 1.807) is 18.0 Å². The number of nitrogens with two attached hydrogens (primary N) is 1. The van der Waals surface area contributed by atoms with Gasteiger partial charge in [0.05, 0.1) is 16.6 Å². The number of piperidine rings is 1. The molecule has 0 bridgehead atoms. The number of nitrogens with zero attached hydrogens (tertiary/aromatic N) is 2. The molecule has 7 nitrogen and oxygen atoms in total. The lowest BCUT2D eigenvalue weighted by Gasteiger charge is -2.38. The van der Waals surface area contributed by atoms with Crippen molar-refractivity contribution >= 4 is 35.0 Å². The van der Waals surface area contributed by atoms with Crippen LogP contribution in [0.15, 0.2) is 12.1 Å². The highest BCUT2D eigenvalue weighted by molar-refractivity contribution is 6.42. The van der Waals surface area contributed by atoms with Gasteiger partial charge in [-0.2, -0.15) is 0 Å². The van der Waals surface area contributed by atoms with Crippen molar-refractivity contribution in [2.75, 3.05) is 33.3 Å². The van der Waals surface area contributed by atoms with Gasteiger partial charge in [-0.25, -0.2) is 0 Å². The Morgan fingerprint density at radius 3 is 2.56 bits per heavy atom. The summed E-state index contributed by atoms with van der Waals surface area (Å²) >= 11 is 12.0. The zero-order valence-electron chi connectivity index (χ0n) is 15.0. The molecule has 1 aromatic carbocycles. The molecule has 148 valence electrons. The predicted molar refractivity (Wildman–Crippen MR) is 102 cm³/mol.